The lowest BCUT2D eigenvalue weighted by Crippen LogP contribution is -2.11. The number of aromatic amines is 1. The van der Waals surface area contributed by atoms with E-state index in [-0.39, 0.29) is 5.56 Å². The molecule has 0 aliphatic heterocycles. The first-order chi connectivity index (χ1) is 10.1. The van der Waals surface area contributed by atoms with E-state index in [0.29, 0.717) is 17.0 Å². The average molecular weight is 361 g/mol. The number of H-pyrrole nitrogens is 1. The van der Waals surface area contributed by atoms with Crippen molar-refractivity contribution in [1.29, 1.82) is 0 Å². The van der Waals surface area contributed by atoms with Crippen LogP contribution in [-0.4, -0.2) is 9.97 Å². The summed E-state index contributed by atoms with van der Waals surface area (Å²) in [5.41, 5.74) is 1.72. The Morgan fingerprint density at radius 3 is 2.81 bits per heavy atom. The van der Waals surface area contributed by atoms with Crippen LogP contribution in [0.3, 0.4) is 0 Å². The maximum atomic E-state index is 12.1. The molecule has 1 N–H and O–H groups in total. The summed E-state index contributed by atoms with van der Waals surface area (Å²) in [6, 6.07) is 13.7. The molecule has 0 bridgehead atoms. The molecule has 0 aliphatic carbocycles. The van der Waals surface area contributed by atoms with E-state index in [1.807, 2.05) is 43.3 Å². The minimum atomic E-state index is -0.0774. The van der Waals surface area contributed by atoms with Gasteiger partial charge in [-0.05, 0) is 46.6 Å². The van der Waals surface area contributed by atoms with Gasteiger partial charge in [0.1, 0.15) is 5.82 Å². The van der Waals surface area contributed by atoms with Crippen molar-refractivity contribution >= 4 is 38.6 Å². The molecule has 0 radical (unpaired) electrons. The van der Waals surface area contributed by atoms with Crippen molar-refractivity contribution in [3.8, 4) is 0 Å². The minimum Gasteiger partial charge on any atom is -0.309 e. The largest absolute Gasteiger partial charge is 0.309 e. The lowest BCUT2D eigenvalue weighted by molar-refractivity contribution is 1.04. The van der Waals surface area contributed by atoms with Crippen LogP contribution < -0.4 is 5.56 Å². The van der Waals surface area contributed by atoms with Gasteiger partial charge in [0.15, 0.2) is 0 Å². The highest BCUT2D eigenvalue weighted by Gasteiger charge is 2.07. The fourth-order valence-corrected chi connectivity index (χ4v) is 3.57. The zero-order valence-corrected chi connectivity index (χ0v) is 13.8. The molecule has 0 saturated heterocycles. The maximum Gasteiger partial charge on any atom is 0.258 e. The lowest BCUT2D eigenvalue weighted by atomic mass is 10.1. The summed E-state index contributed by atoms with van der Waals surface area (Å²) in [5, 5.41) is 0.643. The van der Waals surface area contributed by atoms with E-state index in [1.54, 1.807) is 17.8 Å². The third-order valence-electron chi connectivity index (χ3n) is 3.19. The smallest absolute Gasteiger partial charge is 0.258 e. The fraction of sp³-hybridized carbons (Fsp3) is 0.125. The van der Waals surface area contributed by atoms with Crippen LogP contribution in [0.1, 0.15) is 11.4 Å². The third kappa shape index (κ3) is 3.04. The maximum absolute atomic E-state index is 12.1. The van der Waals surface area contributed by atoms with Crippen LogP contribution in [0.15, 0.2) is 56.6 Å². The standard InChI is InChI=1S/C16H13BrN2OS/c1-10-5-4-6-11-15(10)18-14(19-16(11)20)9-21-13-8-3-2-7-12(13)17/h2-8H,9H2,1H3,(H,18,19,20). The van der Waals surface area contributed by atoms with Crippen molar-refractivity contribution in [2.45, 2.75) is 17.6 Å². The molecule has 0 fully saturated rings. The Bertz CT molecular complexity index is 860. The van der Waals surface area contributed by atoms with Crippen LogP contribution in [0.25, 0.3) is 10.9 Å². The Morgan fingerprint density at radius 2 is 2.00 bits per heavy atom. The second-order valence-corrected chi connectivity index (χ2v) is 6.57. The number of nitrogens with one attached hydrogen (secondary N) is 1. The molecular formula is C16H13BrN2OS. The van der Waals surface area contributed by atoms with Crippen LogP contribution in [-0.2, 0) is 5.75 Å². The van der Waals surface area contributed by atoms with Crippen molar-refractivity contribution in [2.75, 3.05) is 0 Å². The molecule has 0 unspecified atom stereocenters. The summed E-state index contributed by atoms with van der Waals surface area (Å²) in [7, 11) is 0. The molecule has 0 atom stereocenters. The van der Waals surface area contributed by atoms with Crippen molar-refractivity contribution in [2.24, 2.45) is 0 Å². The number of para-hydroxylation sites is 1. The normalized spacial score (nSPS) is 11.0. The van der Waals surface area contributed by atoms with Crippen LogP contribution in [0.2, 0.25) is 0 Å². The Labute approximate surface area is 134 Å². The molecule has 106 valence electrons. The second kappa shape index (κ2) is 6.03. The minimum absolute atomic E-state index is 0.0774. The monoisotopic (exact) mass is 360 g/mol. The van der Waals surface area contributed by atoms with Crippen molar-refractivity contribution in [1.82, 2.24) is 9.97 Å². The first-order valence-corrected chi connectivity index (χ1v) is 8.29. The topological polar surface area (TPSA) is 45.8 Å². The Hall–Kier alpha value is -1.59. The van der Waals surface area contributed by atoms with E-state index in [4.69, 9.17) is 0 Å². The molecule has 0 aliphatic rings. The lowest BCUT2D eigenvalue weighted by Gasteiger charge is -2.06. The SMILES string of the molecule is Cc1cccc2c(=O)[nH]c(CSc3ccccc3Br)nc12. The predicted molar refractivity (Wildman–Crippen MR) is 90.8 cm³/mol. The fourth-order valence-electron chi connectivity index (χ4n) is 2.13. The molecule has 3 rings (SSSR count). The van der Waals surface area contributed by atoms with Gasteiger partial charge in [0.05, 0.1) is 16.7 Å². The molecule has 21 heavy (non-hydrogen) atoms. The number of benzene rings is 2. The molecule has 1 aromatic heterocycles. The zero-order chi connectivity index (χ0) is 14.8. The Kier molecular flexibility index (Phi) is 4.12. The van der Waals surface area contributed by atoms with Gasteiger partial charge in [-0.3, -0.25) is 4.79 Å². The first-order valence-electron chi connectivity index (χ1n) is 6.51. The van der Waals surface area contributed by atoms with Gasteiger partial charge in [-0.1, -0.05) is 24.3 Å². The second-order valence-electron chi connectivity index (χ2n) is 4.70. The number of halogens is 1. The summed E-state index contributed by atoms with van der Waals surface area (Å²) < 4.78 is 1.05. The van der Waals surface area contributed by atoms with Gasteiger partial charge in [-0.15, -0.1) is 11.8 Å². The van der Waals surface area contributed by atoms with Gasteiger partial charge < -0.3 is 4.98 Å². The Balaban J connectivity index is 1.93. The molecule has 1 heterocycles. The predicted octanol–water partition coefficient (Wildman–Crippen LogP) is 4.29. The number of nitrogens with zero attached hydrogens (tertiary/aromatic N) is 1. The number of aromatic nitrogens is 2. The van der Waals surface area contributed by atoms with Crippen LogP contribution in [0.4, 0.5) is 0 Å². The quantitative estimate of drug-likeness (QED) is 0.708. The number of hydrogen-bond donors (Lipinski definition) is 1. The van der Waals surface area contributed by atoms with Crippen molar-refractivity contribution in [3.05, 3.63) is 68.7 Å². The van der Waals surface area contributed by atoms with E-state index in [1.165, 1.54) is 0 Å². The number of aryl methyl sites for hydroxylation is 1. The molecular weight excluding hydrogens is 348 g/mol. The molecule has 0 saturated carbocycles. The van der Waals surface area contributed by atoms with Gasteiger partial charge >= 0.3 is 0 Å². The summed E-state index contributed by atoms with van der Waals surface area (Å²) in [6.45, 7) is 1.97. The summed E-state index contributed by atoms with van der Waals surface area (Å²) in [5.74, 6) is 1.32. The highest BCUT2D eigenvalue weighted by Crippen LogP contribution is 2.29. The average Bonchev–Trinajstić information content (AvgIpc) is 2.48. The number of rotatable bonds is 3. The van der Waals surface area contributed by atoms with Gasteiger partial charge in [0.2, 0.25) is 0 Å². The Morgan fingerprint density at radius 1 is 1.19 bits per heavy atom. The molecule has 3 nitrogen and oxygen atoms in total. The highest BCUT2D eigenvalue weighted by molar-refractivity contribution is 9.10. The van der Waals surface area contributed by atoms with Crippen LogP contribution >= 0.6 is 27.7 Å². The highest BCUT2D eigenvalue weighted by atomic mass is 79.9. The van der Waals surface area contributed by atoms with Gasteiger partial charge in [0.25, 0.3) is 5.56 Å². The van der Waals surface area contributed by atoms with E-state index < -0.39 is 0 Å². The van der Waals surface area contributed by atoms with Crippen molar-refractivity contribution < 1.29 is 0 Å². The van der Waals surface area contributed by atoms with Gasteiger partial charge in [0, 0.05) is 9.37 Å². The van der Waals surface area contributed by atoms with Gasteiger partial charge in [-0.2, -0.15) is 0 Å². The van der Waals surface area contributed by atoms with E-state index in [2.05, 4.69) is 25.9 Å². The molecule has 5 heteroatoms. The zero-order valence-electron chi connectivity index (χ0n) is 11.4. The van der Waals surface area contributed by atoms with Crippen molar-refractivity contribution in [3.63, 3.8) is 0 Å². The number of thioether (sulfide) groups is 1. The molecule has 0 spiro atoms. The summed E-state index contributed by atoms with van der Waals surface area (Å²) in [6.07, 6.45) is 0. The van der Waals surface area contributed by atoms with Crippen LogP contribution in [0.5, 0.6) is 0 Å². The summed E-state index contributed by atoms with van der Waals surface area (Å²) in [4.78, 5) is 20.7. The van der Waals surface area contributed by atoms with Crippen LogP contribution in [0, 0.1) is 6.92 Å². The number of hydrogen-bond acceptors (Lipinski definition) is 3. The number of fused-ring (bicyclic) bond motifs is 1. The summed E-state index contributed by atoms with van der Waals surface area (Å²) >= 11 is 5.17. The first kappa shape index (κ1) is 14.4. The van der Waals surface area contributed by atoms with E-state index in [9.17, 15) is 4.79 Å². The van der Waals surface area contributed by atoms with Gasteiger partial charge in [-0.25, -0.2) is 4.98 Å². The third-order valence-corrected chi connectivity index (χ3v) is 5.23. The van der Waals surface area contributed by atoms with E-state index >= 15 is 0 Å². The molecule has 0 amide bonds. The molecule has 2 aromatic carbocycles. The van der Waals surface area contributed by atoms with E-state index in [0.717, 1.165) is 20.4 Å². The molecule has 3 aromatic rings.